The Balaban J connectivity index is 1.36. The van der Waals surface area contributed by atoms with Crippen LogP contribution in [0.4, 0.5) is 36.6 Å². The minimum atomic E-state index is -5.12. The Bertz CT molecular complexity index is 2740. The molecular formula is C42H44F7N9O4S. The van der Waals surface area contributed by atoms with Gasteiger partial charge in [-0.1, -0.05) is 31.9 Å². The molecule has 0 radical (unpaired) electrons. The van der Waals surface area contributed by atoms with E-state index in [9.17, 15) is 40.3 Å². The monoisotopic (exact) mass is 903 g/mol. The van der Waals surface area contributed by atoms with Gasteiger partial charge >= 0.3 is 16.4 Å². The van der Waals surface area contributed by atoms with Crippen LogP contribution in [0.15, 0.2) is 48.5 Å². The van der Waals surface area contributed by atoms with Gasteiger partial charge in [-0.05, 0) is 75.0 Å². The number of aryl methyl sites for hydroxylation is 1. The van der Waals surface area contributed by atoms with E-state index in [1.165, 1.54) is 35.8 Å². The highest BCUT2D eigenvalue weighted by Gasteiger charge is 2.57. The fraction of sp³-hybridized carbons (Fsp3) is 0.429. The van der Waals surface area contributed by atoms with Gasteiger partial charge in [-0.25, -0.2) is 13.8 Å². The molecule has 5 aromatic rings. The Morgan fingerprint density at radius 1 is 0.984 bits per heavy atom. The normalized spacial score (nSPS) is 18.8. The van der Waals surface area contributed by atoms with Crippen molar-refractivity contribution < 1.29 is 49.1 Å². The molecular weight excluding hydrogens is 860 g/mol. The highest BCUT2D eigenvalue weighted by Crippen LogP contribution is 2.55. The molecule has 1 fully saturated rings. The number of amides is 1. The summed E-state index contributed by atoms with van der Waals surface area (Å²) in [4.78, 5) is 20.8. The fourth-order valence-electron chi connectivity index (χ4n) is 8.02. The molecule has 7 rings (SSSR count). The van der Waals surface area contributed by atoms with Crippen molar-refractivity contribution in [1.82, 2.24) is 39.1 Å². The maximum absolute atomic E-state index is 15.7. The van der Waals surface area contributed by atoms with Crippen molar-refractivity contribution in [1.29, 1.82) is 0 Å². The lowest BCUT2D eigenvalue weighted by Gasteiger charge is -2.31. The van der Waals surface area contributed by atoms with E-state index in [1.807, 2.05) is 11.9 Å². The highest BCUT2D eigenvalue weighted by molar-refractivity contribution is 7.90. The van der Waals surface area contributed by atoms with Gasteiger partial charge in [0.05, 0.1) is 17.3 Å². The molecule has 21 heteroatoms. The number of hydrogen-bond acceptors (Lipinski definition) is 8. The maximum atomic E-state index is 15.7. The lowest BCUT2D eigenvalue weighted by Crippen LogP contribution is -2.48. The number of alkyl halides is 5. The number of carbonyl (C=O) groups excluding carboxylic acids is 1. The van der Waals surface area contributed by atoms with Gasteiger partial charge < -0.3 is 15.3 Å². The number of para-hydroxylation sites is 1. The Kier molecular flexibility index (Phi) is 11.9. The molecule has 1 amide bonds. The highest BCUT2D eigenvalue weighted by atomic mass is 32.2. The van der Waals surface area contributed by atoms with E-state index in [-0.39, 0.29) is 41.4 Å². The minimum Gasteiger partial charge on any atom is -0.378 e. The van der Waals surface area contributed by atoms with Gasteiger partial charge in [-0.3, -0.25) is 18.9 Å². The van der Waals surface area contributed by atoms with E-state index in [4.69, 9.17) is 4.98 Å². The number of carbonyl (C=O) groups is 1. The zero-order valence-electron chi connectivity index (χ0n) is 34.9. The van der Waals surface area contributed by atoms with Crippen molar-refractivity contribution in [2.75, 3.05) is 37.9 Å². The third kappa shape index (κ3) is 9.25. The fourth-order valence-corrected chi connectivity index (χ4v) is 9.19. The summed E-state index contributed by atoms with van der Waals surface area (Å²) in [5.74, 6) is -4.21. The number of hydrogen-bond donors (Lipinski definition) is 3. The summed E-state index contributed by atoms with van der Waals surface area (Å²) in [7, 11) is -0.607. The first-order chi connectivity index (χ1) is 29.3. The predicted octanol–water partition coefficient (Wildman–Crippen LogP) is 6.10. The molecule has 1 aliphatic carbocycles. The standard InChI is InChI=1S/C42H44F7N9O4S/c1-23-24(2)41(45,46)38-34(23)37(42(47,48)49)52-58(38)22-33(59)51-32(20-25-18-26(43)21-27(44)19-25)35-29(11-10-28(50-35)12-13-40(3,4)60)30-8-7-9-31-36(30)56(6)53-39(31)54-63(61,62)57-16-14-55(5)15-17-57/h7-11,18-19,21,23-24,32,60H,14-17,20,22H2,1-6H3,(H,51,59)(H,53,54)/t23-,24+,32-/m0/s1. The van der Waals surface area contributed by atoms with Gasteiger partial charge in [-0.15, -0.1) is 0 Å². The summed E-state index contributed by atoms with van der Waals surface area (Å²) in [5, 5.41) is 21.4. The van der Waals surface area contributed by atoms with Crippen molar-refractivity contribution in [2.24, 2.45) is 13.0 Å². The van der Waals surface area contributed by atoms with Gasteiger partial charge in [0.1, 0.15) is 35.2 Å². The maximum Gasteiger partial charge on any atom is 0.435 e. The zero-order chi connectivity index (χ0) is 46.0. The Labute approximate surface area is 358 Å². The average molecular weight is 904 g/mol. The summed E-state index contributed by atoms with van der Waals surface area (Å²) in [5.41, 5.74) is -3.70. The predicted molar refractivity (Wildman–Crippen MR) is 218 cm³/mol. The van der Waals surface area contributed by atoms with Crippen LogP contribution in [0.3, 0.4) is 0 Å². The molecule has 3 aromatic heterocycles. The molecule has 4 heterocycles. The summed E-state index contributed by atoms with van der Waals surface area (Å²) in [6, 6.07) is 9.21. The molecule has 1 aliphatic heterocycles. The van der Waals surface area contributed by atoms with E-state index >= 15 is 8.78 Å². The van der Waals surface area contributed by atoms with Crippen LogP contribution >= 0.6 is 0 Å². The summed E-state index contributed by atoms with van der Waals surface area (Å²) >= 11 is 0. The van der Waals surface area contributed by atoms with E-state index < -0.39 is 93.2 Å². The van der Waals surface area contributed by atoms with Crippen molar-refractivity contribution in [3.05, 3.63) is 94.1 Å². The first kappa shape index (κ1) is 45.5. The topological polar surface area (TPSA) is 151 Å². The Morgan fingerprint density at radius 3 is 2.29 bits per heavy atom. The molecule has 1 saturated heterocycles. The largest absolute Gasteiger partial charge is 0.435 e. The third-order valence-corrected chi connectivity index (χ3v) is 12.8. The van der Waals surface area contributed by atoms with E-state index in [0.717, 1.165) is 19.1 Å². The number of halogens is 7. The number of aliphatic hydroxyl groups is 1. The number of aromatic nitrogens is 5. The number of nitrogens with one attached hydrogen (secondary N) is 2. The molecule has 2 aromatic carbocycles. The van der Waals surface area contributed by atoms with Crippen LogP contribution in [0.1, 0.15) is 73.6 Å². The number of anilines is 1. The number of piperazine rings is 1. The lowest BCUT2D eigenvalue weighted by molar-refractivity contribution is -0.143. The van der Waals surface area contributed by atoms with Gasteiger partial charge in [0, 0.05) is 67.3 Å². The number of benzene rings is 2. The molecule has 336 valence electrons. The van der Waals surface area contributed by atoms with Crippen LogP contribution in [0.25, 0.3) is 22.0 Å². The van der Waals surface area contributed by atoms with Crippen molar-refractivity contribution in [3.8, 4) is 23.0 Å². The lowest BCUT2D eigenvalue weighted by atomic mass is 9.93. The quantitative estimate of drug-likeness (QED) is 0.113. The smallest absolute Gasteiger partial charge is 0.378 e. The third-order valence-electron chi connectivity index (χ3n) is 11.3. The second-order valence-corrected chi connectivity index (χ2v) is 18.2. The van der Waals surface area contributed by atoms with E-state index in [0.29, 0.717) is 40.3 Å². The van der Waals surface area contributed by atoms with Gasteiger partial charge in [0.2, 0.25) is 5.91 Å². The Morgan fingerprint density at radius 2 is 1.65 bits per heavy atom. The van der Waals surface area contributed by atoms with Crippen LogP contribution in [0.2, 0.25) is 0 Å². The number of pyridine rings is 1. The van der Waals surface area contributed by atoms with Crippen LogP contribution < -0.4 is 10.0 Å². The van der Waals surface area contributed by atoms with Crippen molar-refractivity contribution in [2.45, 2.75) is 70.3 Å². The molecule has 0 spiro atoms. The summed E-state index contributed by atoms with van der Waals surface area (Å²) < 4.78 is 136. The molecule has 3 N–H and O–H groups in total. The van der Waals surface area contributed by atoms with Gasteiger partial charge in [-0.2, -0.15) is 44.9 Å². The van der Waals surface area contributed by atoms with E-state index in [2.05, 4.69) is 32.1 Å². The minimum absolute atomic E-state index is 0.000888. The number of fused-ring (bicyclic) bond motifs is 2. The van der Waals surface area contributed by atoms with Crippen molar-refractivity contribution >= 4 is 32.8 Å². The van der Waals surface area contributed by atoms with Crippen LogP contribution in [-0.4, -0.2) is 92.0 Å². The molecule has 63 heavy (non-hydrogen) atoms. The molecule has 0 bridgehead atoms. The van der Waals surface area contributed by atoms with E-state index in [1.54, 1.807) is 31.3 Å². The SMILES string of the molecule is C[C@@H]1c2c(C(F)(F)F)nn(CC(=O)N[C@@H](Cc3cc(F)cc(F)c3)c3nc(C#CC(C)(C)O)ccc3-c3cccc4c(NS(=O)(=O)N5CCN(C)CC5)nn(C)c34)c2C(F)(F)[C@@H]1C. The summed E-state index contributed by atoms with van der Waals surface area (Å²) in [6.45, 7) is 5.61. The number of rotatable bonds is 10. The first-order valence-corrected chi connectivity index (χ1v) is 21.3. The second kappa shape index (κ2) is 16.5. The number of nitrogens with zero attached hydrogens (tertiary/aromatic N) is 7. The molecule has 3 atom stereocenters. The van der Waals surface area contributed by atoms with Crippen LogP contribution in [-0.2, 0) is 47.1 Å². The molecule has 0 saturated carbocycles. The molecule has 13 nitrogen and oxygen atoms in total. The molecule has 2 aliphatic rings. The second-order valence-electron chi connectivity index (χ2n) is 16.5. The first-order valence-electron chi connectivity index (χ1n) is 19.8. The molecule has 0 unspecified atom stereocenters. The Hall–Kier alpha value is -5.56. The number of likely N-dealkylation sites (N-methyl/N-ethyl adjacent to an activating group) is 1. The van der Waals surface area contributed by atoms with Crippen molar-refractivity contribution in [3.63, 3.8) is 0 Å². The van der Waals surface area contributed by atoms with Crippen LogP contribution in [0.5, 0.6) is 0 Å². The zero-order valence-corrected chi connectivity index (χ0v) is 35.8. The summed E-state index contributed by atoms with van der Waals surface area (Å²) in [6.07, 6.45) is -5.51. The van der Waals surface area contributed by atoms with Gasteiger partial charge in [0.15, 0.2) is 11.5 Å². The van der Waals surface area contributed by atoms with Gasteiger partial charge in [0.25, 0.3) is 5.92 Å². The van der Waals surface area contributed by atoms with Crippen LogP contribution in [0, 0.1) is 29.4 Å². The average Bonchev–Trinajstić information content (AvgIpc) is 3.78.